The summed E-state index contributed by atoms with van der Waals surface area (Å²) in [6.07, 6.45) is 5.37. The van der Waals surface area contributed by atoms with Gasteiger partial charge in [-0.2, -0.15) is 5.26 Å². The number of H-pyrrole nitrogens is 2. The first-order chi connectivity index (χ1) is 16.3. The van der Waals surface area contributed by atoms with Crippen molar-refractivity contribution in [2.45, 2.75) is 39.2 Å². The van der Waals surface area contributed by atoms with Gasteiger partial charge in [0.2, 0.25) is 0 Å². The third-order valence-corrected chi connectivity index (χ3v) is 6.70. The van der Waals surface area contributed by atoms with Gasteiger partial charge in [0.1, 0.15) is 11.7 Å². The van der Waals surface area contributed by atoms with Gasteiger partial charge in [-0.3, -0.25) is 4.90 Å². The molecule has 2 aromatic carbocycles. The number of carbonyl (C=O) groups is 1. The van der Waals surface area contributed by atoms with Crippen LogP contribution in [0.5, 0.6) is 0 Å². The van der Waals surface area contributed by atoms with Crippen LogP contribution in [0.25, 0.3) is 21.8 Å². The maximum Gasteiger partial charge on any atom is 0.414 e. The zero-order valence-corrected chi connectivity index (χ0v) is 21.0. The molecule has 0 bridgehead atoms. The maximum atomic E-state index is 12.4. The number of nitrogens with one attached hydrogen (secondary N) is 3. The molecule has 0 radical (unpaired) electrons. The van der Waals surface area contributed by atoms with Crippen LogP contribution in [0.3, 0.4) is 0 Å². The second-order valence-electron chi connectivity index (χ2n) is 9.53. The number of benzene rings is 2. The highest BCUT2D eigenvalue weighted by molar-refractivity contribution is 9.10. The first-order valence-electron chi connectivity index (χ1n) is 11.3. The second-order valence-corrected chi connectivity index (χ2v) is 10.4. The molecule has 7 nitrogen and oxygen atoms in total. The Morgan fingerprint density at radius 1 is 1.09 bits per heavy atom. The molecule has 4 heterocycles. The number of anilines is 2. The molecule has 0 saturated heterocycles. The van der Waals surface area contributed by atoms with Crippen molar-refractivity contribution in [2.24, 2.45) is 0 Å². The minimum Gasteiger partial charge on any atom is -0.443 e. The van der Waals surface area contributed by atoms with E-state index in [2.05, 4.69) is 43.4 Å². The average Bonchev–Trinajstić information content (AvgIpc) is 3.57. The Labute approximate surface area is 206 Å². The number of aromatic amines is 2. The molecular weight excluding hydrogens is 494 g/mol. The number of nitrogens with zero attached hydrogens (tertiary/aromatic N) is 2. The van der Waals surface area contributed by atoms with E-state index >= 15 is 0 Å². The van der Waals surface area contributed by atoms with Gasteiger partial charge in [0, 0.05) is 46.4 Å². The minimum atomic E-state index is -0.480. The average molecular weight is 520 g/mol. The van der Waals surface area contributed by atoms with Crippen molar-refractivity contribution in [3.8, 4) is 6.07 Å². The van der Waals surface area contributed by atoms with Crippen LogP contribution < -0.4 is 10.2 Å². The molecule has 2 aliphatic rings. The van der Waals surface area contributed by atoms with Crippen molar-refractivity contribution in [1.82, 2.24) is 9.97 Å². The Kier molecular flexibility index (Phi) is 5.53. The van der Waals surface area contributed by atoms with E-state index in [1.807, 2.05) is 51.4 Å². The molecule has 0 atom stereocenters. The number of rotatable bonds is 0. The van der Waals surface area contributed by atoms with E-state index in [4.69, 9.17) is 10.00 Å². The van der Waals surface area contributed by atoms with Crippen molar-refractivity contribution in [3.63, 3.8) is 0 Å². The number of carbonyl (C=O) groups excluding carboxylic acids is 1. The molecular formula is C26H26BrN5O2. The lowest BCUT2D eigenvalue weighted by Crippen LogP contribution is -2.35. The van der Waals surface area contributed by atoms with Gasteiger partial charge in [0.15, 0.2) is 0 Å². The topological polar surface area (TPSA) is 96.9 Å². The number of ether oxygens (including phenoxy) is 1. The van der Waals surface area contributed by atoms with Gasteiger partial charge in [0.05, 0.1) is 22.3 Å². The van der Waals surface area contributed by atoms with Gasteiger partial charge >= 0.3 is 6.09 Å². The number of halogens is 1. The van der Waals surface area contributed by atoms with Gasteiger partial charge in [-0.05, 0) is 84.9 Å². The second kappa shape index (κ2) is 8.41. The van der Waals surface area contributed by atoms with Crippen molar-refractivity contribution >= 4 is 55.2 Å². The zero-order chi connectivity index (χ0) is 24.0. The fourth-order valence-electron chi connectivity index (χ4n) is 4.69. The van der Waals surface area contributed by atoms with E-state index < -0.39 is 5.60 Å². The fraction of sp³-hybridized carbons (Fsp3) is 0.308. The number of nitriles is 1. The van der Waals surface area contributed by atoms with E-state index in [0.29, 0.717) is 6.54 Å². The summed E-state index contributed by atoms with van der Waals surface area (Å²) in [5, 5.41) is 14.5. The molecule has 0 spiro atoms. The highest BCUT2D eigenvalue weighted by atomic mass is 79.9. The van der Waals surface area contributed by atoms with Gasteiger partial charge in [-0.1, -0.05) is 0 Å². The van der Waals surface area contributed by atoms with Crippen LogP contribution in [-0.2, 0) is 17.6 Å². The van der Waals surface area contributed by atoms with E-state index in [9.17, 15) is 4.79 Å². The molecule has 2 aromatic heterocycles. The van der Waals surface area contributed by atoms with Crippen molar-refractivity contribution in [3.05, 3.63) is 57.8 Å². The monoisotopic (exact) mass is 519 g/mol. The highest BCUT2D eigenvalue weighted by Gasteiger charge is 2.31. The summed E-state index contributed by atoms with van der Waals surface area (Å²) in [5.41, 5.74) is 6.82. The lowest BCUT2D eigenvalue weighted by Gasteiger charge is -2.25. The van der Waals surface area contributed by atoms with Crippen molar-refractivity contribution in [1.29, 1.82) is 5.26 Å². The van der Waals surface area contributed by atoms with Crippen LogP contribution >= 0.6 is 15.9 Å². The Balaban J connectivity index is 0.000000150. The largest absolute Gasteiger partial charge is 0.443 e. The zero-order valence-electron chi connectivity index (χ0n) is 19.4. The molecule has 2 aliphatic heterocycles. The number of hydrogen-bond acceptors (Lipinski definition) is 4. The molecule has 3 N–H and O–H groups in total. The number of amides is 1. The summed E-state index contributed by atoms with van der Waals surface area (Å²) < 4.78 is 6.53. The first-order valence-corrected chi connectivity index (χ1v) is 12.1. The summed E-state index contributed by atoms with van der Waals surface area (Å²) >= 11 is 3.57. The molecule has 6 rings (SSSR count). The van der Waals surface area contributed by atoms with Gasteiger partial charge in [-0.25, -0.2) is 4.79 Å². The molecule has 4 aromatic rings. The number of hydrogen-bond donors (Lipinski definition) is 3. The normalized spacial score (nSPS) is 14.3. The van der Waals surface area contributed by atoms with Crippen molar-refractivity contribution < 1.29 is 9.53 Å². The van der Waals surface area contributed by atoms with Crippen LogP contribution in [-0.4, -0.2) is 34.8 Å². The Morgan fingerprint density at radius 3 is 2.56 bits per heavy atom. The number of aromatic nitrogens is 2. The lowest BCUT2D eigenvalue weighted by atomic mass is 10.0. The van der Waals surface area contributed by atoms with Crippen LogP contribution in [0.2, 0.25) is 0 Å². The molecule has 0 saturated carbocycles. The molecule has 34 heavy (non-hydrogen) atoms. The Bertz CT molecular complexity index is 1450. The van der Waals surface area contributed by atoms with Gasteiger partial charge in [0.25, 0.3) is 0 Å². The summed E-state index contributed by atoms with van der Waals surface area (Å²) in [4.78, 5) is 20.4. The first kappa shape index (κ1) is 22.4. The molecule has 1 amide bonds. The summed E-state index contributed by atoms with van der Waals surface area (Å²) in [5.74, 6) is 0. The molecule has 0 unspecified atom stereocenters. The van der Waals surface area contributed by atoms with Crippen LogP contribution in [0.1, 0.15) is 37.5 Å². The maximum absolute atomic E-state index is 12.4. The van der Waals surface area contributed by atoms with Crippen LogP contribution in [0, 0.1) is 11.3 Å². The summed E-state index contributed by atoms with van der Waals surface area (Å²) in [6, 6.07) is 10.3. The fourth-order valence-corrected chi connectivity index (χ4v) is 5.30. The standard InChI is InChI=1S/C15H17BrN2O2.C11H9N3/c1-15(2,3)20-14(19)18-7-5-9-8-11(16)12-10(13(9)18)4-6-17-12;12-6-8-5-7-1-3-13-10(7)9-2-4-14-11(8)9/h4,6,8,17H,5,7H2,1-3H3;2,4-5,13-14H,1,3H2. The number of fused-ring (bicyclic) bond motifs is 6. The summed E-state index contributed by atoms with van der Waals surface area (Å²) in [6.45, 7) is 7.30. The van der Waals surface area contributed by atoms with E-state index in [-0.39, 0.29) is 6.09 Å². The van der Waals surface area contributed by atoms with E-state index in [1.165, 1.54) is 16.8 Å². The quantitative estimate of drug-likeness (QED) is 0.256. The lowest BCUT2D eigenvalue weighted by molar-refractivity contribution is 0.0584. The Hall–Kier alpha value is -3.44. The van der Waals surface area contributed by atoms with Gasteiger partial charge in [-0.15, -0.1) is 0 Å². The molecule has 0 fully saturated rings. The smallest absolute Gasteiger partial charge is 0.414 e. The van der Waals surface area contributed by atoms with Crippen LogP contribution in [0.4, 0.5) is 16.2 Å². The predicted molar refractivity (Wildman–Crippen MR) is 138 cm³/mol. The Morgan fingerprint density at radius 2 is 1.82 bits per heavy atom. The highest BCUT2D eigenvalue weighted by Crippen LogP contribution is 2.40. The third kappa shape index (κ3) is 3.90. The SMILES string of the molecule is CC(C)(C)OC(=O)N1CCc2cc(Br)c3[nH]ccc3c21.N#Cc1cc2c(c3cc[nH]c13)NCC2. The van der Waals surface area contributed by atoms with Gasteiger partial charge < -0.3 is 20.0 Å². The predicted octanol–water partition coefficient (Wildman–Crippen LogP) is 6.24. The summed E-state index contributed by atoms with van der Waals surface area (Å²) in [7, 11) is 0. The molecule has 174 valence electrons. The van der Waals surface area contributed by atoms with E-state index in [0.717, 1.165) is 56.9 Å². The molecule has 0 aliphatic carbocycles. The third-order valence-electron chi connectivity index (χ3n) is 6.08. The van der Waals surface area contributed by atoms with Crippen molar-refractivity contribution in [2.75, 3.05) is 23.3 Å². The minimum absolute atomic E-state index is 0.277. The van der Waals surface area contributed by atoms with E-state index in [1.54, 1.807) is 4.90 Å². The molecule has 8 heteroatoms. The van der Waals surface area contributed by atoms with Crippen LogP contribution in [0.15, 0.2) is 41.1 Å².